The van der Waals surface area contributed by atoms with Gasteiger partial charge >= 0.3 is 0 Å². The van der Waals surface area contributed by atoms with Crippen molar-refractivity contribution < 1.29 is 4.42 Å². The molecule has 0 unspecified atom stereocenters. The van der Waals surface area contributed by atoms with Gasteiger partial charge in [0.2, 0.25) is 0 Å². The van der Waals surface area contributed by atoms with Crippen LogP contribution >= 0.6 is 11.3 Å². The van der Waals surface area contributed by atoms with Gasteiger partial charge in [-0.1, -0.05) is 97.1 Å². The summed E-state index contributed by atoms with van der Waals surface area (Å²) in [6.45, 7) is 0. The minimum absolute atomic E-state index is 0.619. The lowest BCUT2D eigenvalue weighted by Crippen LogP contribution is -2.00. The molecule has 11 aromatic rings. The van der Waals surface area contributed by atoms with Crippen molar-refractivity contribution in [1.82, 2.24) is 19.5 Å². The van der Waals surface area contributed by atoms with Gasteiger partial charge in [0.1, 0.15) is 11.2 Å². The molecular formula is C45H26N4OS. The van der Waals surface area contributed by atoms with E-state index in [-0.39, 0.29) is 0 Å². The number of hydrogen-bond donors (Lipinski definition) is 0. The number of nitrogens with zero attached hydrogens (tertiary/aromatic N) is 4. The Labute approximate surface area is 295 Å². The fourth-order valence-electron chi connectivity index (χ4n) is 7.46. The summed E-state index contributed by atoms with van der Waals surface area (Å²) in [5.41, 5.74) is 7.86. The van der Waals surface area contributed by atoms with Crippen LogP contribution in [-0.2, 0) is 0 Å². The molecule has 4 aromatic heterocycles. The molecule has 0 spiro atoms. The number of rotatable bonds is 4. The molecule has 7 aromatic carbocycles. The molecule has 4 heterocycles. The van der Waals surface area contributed by atoms with Crippen molar-refractivity contribution in [3.63, 3.8) is 0 Å². The zero-order chi connectivity index (χ0) is 33.5. The largest absolute Gasteiger partial charge is 0.456 e. The van der Waals surface area contributed by atoms with Gasteiger partial charge in [-0.15, -0.1) is 11.3 Å². The number of furan rings is 1. The number of benzene rings is 7. The molecule has 0 atom stereocenters. The normalized spacial score (nSPS) is 11.9. The first-order chi connectivity index (χ1) is 25.2. The Hall–Kier alpha value is -6.63. The Balaban J connectivity index is 1.06. The van der Waals surface area contributed by atoms with Gasteiger partial charge in [0.25, 0.3) is 0 Å². The molecule has 0 aliphatic heterocycles. The van der Waals surface area contributed by atoms with E-state index in [1.807, 2.05) is 42.5 Å². The van der Waals surface area contributed by atoms with Gasteiger partial charge in [-0.25, -0.2) is 15.0 Å². The maximum absolute atomic E-state index is 6.49. The van der Waals surface area contributed by atoms with Crippen molar-refractivity contribution in [3.8, 4) is 39.9 Å². The highest BCUT2D eigenvalue weighted by atomic mass is 32.1. The third kappa shape index (κ3) is 4.43. The lowest BCUT2D eigenvalue weighted by Gasteiger charge is -2.09. The zero-order valence-corrected chi connectivity index (χ0v) is 27.9. The summed E-state index contributed by atoms with van der Waals surface area (Å²) in [5.74, 6) is 1.90. The Kier molecular flexibility index (Phi) is 6.05. The first-order valence-corrected chi connectivity index (χ1v) is 17.8. The summed E-state index contributed by atoms with van der Waals surface area (Å²) in [7, 11) is 0. The zero-order valence-electron chi connectivity index (χ0n) is 27.1. The third-order valence-electron chi connectivity index (χ3n) is 9.86. The third-order valence-corrected chi connectivity index (χ3v) is 11.0. The molecule has 0 amide bonds. The van der Waals surface area contributed by atoms with Crippen molar-refractivity contribution in [2.75, 3.05) is 0 Å². The van der Waals surface area contributed by atoms with Gasteiger partial charge in [0, 0.05) is 70.2 Å². The molecule has 0 radical (unpaired) electrons. The highest BCUT2D eigenvalue weighted by Gasteiger charge is 2.17. The van der Waals surface area contributed by atoms with Gasteiger partial charge in [0.05, 0.1) is 11.0 Å². The molecule has 0 aliphatic carbocycles. The molecule has 11 rings (SSSR count). The van der Waals surface area contributed by atoms with E-state index in [0.717, 1.165) is 44.3 Å². The Bertz CT molecular complexity index is 3100. The van der Waals surface area contributed by atoms with Crippen LogP contribution < -0.4 is 0 Å². The highest BCUT2D eigenvalue weighted by Crippen LogP contribution is 2.38. The average Bonchev–Trinajstić information content (AvgIpc) is 3.86. The summed E-state index contributed by atoms with van der Waals surface area (Å²) < 4.78 is 11.3. The van der Waals surface area contributed by atoms with E-state index in [1.54, 1.807) is 11.3 Å². The topological polar surface area (TPSA) is 56.7 Å². The van der Waals surface area contributed by atoms with Gasteiger partial charge in [-0.05, 0) is 54.6 Å². The van der Waals surface area contributed by atoms with Crippen LogP contribution in [-0.4, -0.2) is 19.5 Å². The van der Waals surface area contributed by atoms with E-state index < -0.39 is 0 Å². The number of aromatic nitrogens is 4. The maximum Gasteiger partial charge on any atom is 0.164 e. The molecular weight excluding hydrogens is 645 g/mol. The molecule has 0 bridgehead atoms. The molecule has 0 saturated carbocycles. The first kappa shape index (κ1) is 28.2. The average molecular weight is 671 g/mol. The van der Waals surface area contributed by atoms with Crippen LogP contribution in [0, 0.1) is 0 Å². The molecule has 51 heavy (non-hydrogen) atoms. The number of hydrogen-bond acceptors (Lipinski definition) is 5. The van der Waals surface area contributed by atoms with Crippen molar-refractivity contribution in [2.24, 2.45) is 0 Å². The van der Waals surface area contributed by atoms with Crippen LogP contribution in [0.5, 0.6) is 0 Å². The van der Waals surface area contributed by atoms with Gasteiger partial charge in [0.15, 0.2) is 17.5 Å². The van der Waals surface area contributed by atoms with E-state index in [0.29, 0.717) is 17.5 Å². The van der Waals surface area contributed by atoms with Gasteiger partial charge < -0.3 is 8.98 Å². The quantitative estimate of drug-likeness (QED) is 0.187. The predicted octanol–water partition coefficient (Wildman–Crippen LogP) is 12.2. The van der Waals surface area contributed by atoms with Gasteiger partial charge in [-0.2, -0.15) is 0 Å². The van der Waals surface area contributed by atoms with Crippen LogP contribution in [0.3, 0.4) is 0 Å². The Morgan fingerprint density at radius 2 is 0.980 bits per heavy atom. The molecule has 238 valence electrons. The van der Waals surface area contributed by atoms with Crippen LogP contribution in [0.4, 0.5) is 0 Å². The van der Waals surface area contributed by atoms with Crippen molar-refractivity contribution in [3.05, 3.63) is 158 Å². The summed E-state index contributed by atoms with van der Waals surface area (Å²) in [6.07, 6.45) is 0. The standard InChI is InChI=1S/C45H26N4OS/c1-2-10-27(11-3-1)43-46-44(48-45(47-43)29-18-21-35-34-14-6-9-17-41(34)51-42(35)25-29)28-19-23-39-36(24-28)33-22-20-30(26-40(33)50-39)49-37-15-7-4-12-31(37)32-13-5-8-16-38(32)49/h1-26H. The molecule has 5 nitrogen and oxygen atoms in total. The van der Waals surface area contributed by atoms with Gasteiger partial charge in [-0.3, -0.25) is 0 Å². The predicted molar refractivity (Wildman–Crippen MR) is 211 cm³/mol. The lowest BCUT2D eigenvalue weighted by atomic mass is 10.1. The Morgan fingerprint density at radius 1 is 0.392 bits per heavy atom. The SMILES string of the molecule is c1ccc(-c2nc(-c3ccc4c(c3)sc3ccccc34)nc(-c3ccc4oc5cc(-n6c7ccccc7c7ccccc76)ccc5c4c3)n2)cc1. The minimum Gasteiger partial charge on any atom is -0.456 e. The Morgan fingerprint density at radius 3 is 1.75 bits per heavy atom. The van der Waals surface area contributed by atoms with Crippen LogP contribution in [0.15, 0.2) is 162 Å². The van der Waals surface area contributed by atoms with E-state index in [2.05, 4.69) is 120 Å². The smallest absolute Gasteiger partial charge is 0.164 e. The fraction of sp³-hybridized carbons (Fsp3) is 0. The van der Waals surface area contributed by atoms with E-state index in [1.165, 1.54) is 42.0 Å². The van der Waals surface area contributed by atoms with E-state index in [9.17, 15) is 0 Å². The number of fused-ring (bicyclic) bond motifs is 9. The van der Waals surface area contributed by atoms with Crippen molar-refractivity contribution in [1.29, 1.82) is 0 Å². The van der Waals surface area contributed by atoms with E-state index >= 15 is 0 Å². The molecule has 0 N–H and O–H groups in total. The lowest BCUT2D eigenvalue weighted by molar-refractivity contribution is 0.668. The maximum atomic E-state index is 6.49. The second kappa shape index (κ2) is 10.9. The van der Waals surface area contributed by atoms with Crippen molar-refractivity contribution >= 4 is 75.3 Å². The summed E-state index contributed by atoms with van der Waals surface area (Å²) in [6, 6.07) is 55.0. The number of thiophene rings is 1. The van der Waals surface area contributed by atoms with Crippen LogP contribution in [0.2, 0.25) is 0 Å². The van der Waals surface area contributed by atoms with Crippen LogP contribution in [0.1, 0.15) is 0 Å². The van der Waals surface area contributed by atoms with Crippen LogP contribution in [0.25, 0.3) is 104 Å². The summed E-state index contributed by atoms with van der Waals surface area (Å²) in [4.78, 5) is 15.1. The van der Waals surface area contributed by atoms with E-state index in [4.69, 9.17) is 19.4 Å². The first-order valence-electron chi connectivity index (χ1n) is 16.9. The molecule has 0 fully saturated rings. The number of para-hydroxylation sites is 2. The molecule has 6 heteroatoms. The highest BCUT2D eigenvalue weighted by molar-refractivity contribution is 7.25. The summed E-state index contributed by atoms with van der Waals surface area (Å²) >= 11 is 1.79. The molecule has 0 aliphatic rings. The monoisotopic (exact) mass is 670 g/mol. The second-order valence-corrected chi connectivity index (χ2v) is 13.9. The fourth-order valence-corrected chi connectivity index (χ4v) is 8.61. The minimum atomic E-state index is 0.619. The van der Waals surface area contributed by atoms with Crippen molar-refractivity contribution in [2.45, 2.75) is 0 Å². The second-order valence-electron chi connectivity index (χ2n) is 12.8. The molecule has 0 saturated heterocycles. The summed E-state index contributed by atoms with van der Waals surface area (Å²) in [5, 5.41) is 7.05.